The van der Waals surface area contributed by atoms with Gasteiger partial charge in [0, 0.05) is 50.9 Å². The van der Waals surface area contributed by atoms with Gasteiger partial charge in [0.15, 0.2) is 5.82 Å². The average molecular weight is 661 g/mol. The van der Waals surface area contributed by atoms with Crippen molar-refractivity contribution in [3.8, 4) is 11.4 Å². The number of hydrogen-bond donors (Lipinski definition) is 2. The summed E-state index contributed by atoms with van der Waals surface area (Å²) in [5.41, 5.74) is 0.694. The molecule has 2 atom stereocenters. The minimum Gasteiger partial charge on any atom is -0.449 e. The Morgan fingerprint density at radius 2 is 1.67 bits per heavy atom. The van der Waals surface area contributed by atoms with E-state index in [1.54, 1.807) is 18.7 Å². The molecule has 0 spiro atoms. The minimum atomic E-state index is -3.78. The van der Waals surface area contributed by atoms with Gasteiger partial charge in [-0.15, -0.1) is 0 Å². The summed E-state index contributed by atoms with van der Waals surface area (Å²) in [6, 6.07) is 9.43. The van der Waals surface area contributed by atoms with Crippen molar-refractivity contribution in [2.24, 2.45) is 0 Å². The molecule has 0 saturated carbocycles. The molecule has 1 aromatic heterocycles. The number of unbranched alkanes of at least 4 members (excludes halogenated alkanes) is 1. The highest BCUT2D eigenvalue weighted by Crippen LogP contribution is 2.48. The van der Waals surface area contributed by atoms with E-state index in [0.717, 1.165) is 12.8 Å². The lowest BCUT2D eigenvalue weighted by atomic mass is 10.2. The summed E-state index contributed by atoms with van der Waals surface area (Å²) in [4.78, 5) is 54.3. The number of aliphatic hydroxyl groups is 1. The lowest BCUT2D eigenvalue weighted by molar-refractivity contribution is -0.134. The summed E-state index contributed by atoms with van der Waals surface area (Å²) < 4.78 is 29.9. The van der Waals surface area contributed by atoms with Gasteiger partial charge in [-0.05, 0) is 26.7 Å². The molecule has 0 bridgehead atoms. The number of aromatic nitrogens is 2. The van der Waals surface area contributed by atoms with Crippen LogP contribution in [0.1, 0.15) is 50.5 Å². The second-order valence-corrected chi connectivity index (χ2v) is 13.2. The number of benzene rings is 1. The van der Waals surface area contributed by atoms with Crippen LogP contribution in [0.5, 0.6) is 0 Å². The van der Waals surface area contributed by atoms with Gasteiger partial charge in [0.05, 0.1) is 32.1 Å². The number of nitrogens with one attached hydrogen (secondary N) is 1. The summed E-state index contributed by atoms with van der Waals surface area (Å²) in [6.45, 7) is 7.68. The first-order valence-corrected chi connectivity index (χ1v) is 17.7. The second kappa shape index (κ2) is 16.8. The fraction of sp³-hybridized carbons (Fsp3) is 0.581. The predicted octanol–water partition coefficient (Wildman–Crippen LogP) is 3.16. The van der Waals surface area contributed by atoms with Gasteiger partial charge in [0.2, 0.25) is 5.91 Å². The van der Waals surface area contributed by atoms with Crippen LogP contribution in [0.2, 0.25) is 0 Å². The van der Waals surface area contributed by atoms with Crippen LogP contribution in [0.3, 0.4) is 0 Å². The topological polar surface area (TPSA) is 164 Å². The SMILES string of the molecule is CCCCOC(=O)N1CCN(C(=O)C(CP(=O)(OCC)OCC)NC(=O)c2cc(N3CCC(O)C3)nc(-c3ccccc3)n2)CC1. The molecule has 2 unspecified atom stereocenters. The number of aliphatic hydroxyl groups excluding tert-OH is 1. The largest absolute Gasteiger partial charge is 0.449 e. The van der Waals surface area contributed by atoms with Crippen molar-refractivity contribution in [2.45, 2.75) is 52.2 Å². The molecule has 3 heterocycles. The van der Waals surface area contributed by atoms with Crippen LogP contribution >= 0.6 is 7.60 Å². The molecule has 2 aliphatic heterocycles. The third-order valence-electron chi connectivity index (χ3n) is 7.70. The molecule has 2 N–H and O–H groups in total. The molecule has 46 heavy (non-hydrogen) atoms. The number of carbonyl (C=O) groups is 3. The Hall–Kier alpha value is -3.58. The van der Waals surface area contributed by atoms with Gasteiger partial charge >= 0.3 is 13.7 Å². The monoisotopic (exact) mass is 660 g/mol. The maximum absolute atomic E-state index is 13.9. The van der Waals surface area contributed by atoms with E-state index in [-0.39, 0.29) is 51.2 Å². The molecule has 2 saturated heterocycles. The molecule has 3 amide bonds. The summed E-state index contributed by atoms with van der Waals surface area (Å²) >= 11 is 0. The van der Waals surface area contributed by atoms with E-state index < -0.39 is 37.6 Å². The van der Waals surface area contributed by atoms with E-state index in [1.165, 1.54) is 11.0 Å². The van der Waals surface area contributed by atoms with Crippen molar-refractivity contribution in [3.63, 3.8) is 0 Å². The fourth-order valence-electron chi connectivity index (χ4n) is 5.28. The van der Waals surface area contributed by atoms with E-state index in [2.05, 4.69) is 15.3 Å². The Labute approximate surface area is 269 Å². The van der Waals surface area contributed by atoms with Crippen LogP contribution in [0.25, 0.3) is 11.4 Å². The molecule has 1 aromatic carbocycles. The highest BCUT2D eigenvalue weighted by molar-refractivity contribution is 7.54. The molecule has 2 aliphatic rings. The van der Waals surface area contributed by atoms with E-state index in [4.69, 9.17) is 13.8 Å². The Bertz CT molecular complexity index is 1360. The van der Waals surface area contributed by atoms with Crippen LogP contribution < -0.4 is 10.2 Å². The first-order valence-electron chi connectivity index (χ1n) is 15.9. The highest BCUT2D eigenvalue weighted by Gasteiger charge is 2.38. The summed E-state index contributed by atoms with van der Waals surface area (Å²) in [5, 5.41) is 12.9. The molecule has 14 nitrogen and oxygen atoms in total. The number of ether oxygens (including phenoxy) is 1. The standard InChI is InChI=1S/C31H45N6O8P/c1-4-7-19-43-31(41)36-17-15-35(16-18-36)30(40)26(22-46(42,44-5-2)45-6-3)33-29(39)25-20-27(37-14-13-24(38)21-37)34-28(32-25)23-11-9-8-10-12-23/h8-12,20,24,26,38H,4-7,13-19,21-22H2,1-3H3,(H,33,39). The Morgan fingerprint density at radius 1 is 1.00 bits per heavy atom. The minimum absolute atomic E-state index is 0.00494. The van der Waals surface area contributed by atoms with Gasteiger partial charge in [-0.2, -0.15) is 0 Å². The molecule has 15 heteroatoms. The predicted molar refractivity (Wildman–Crippen MR) is 172 cm³/mol. The number of piperazine rings is 1. The molecular formula is C31H45N6O8P. The summed E-state index contributed by atoms with van der Waals surface area (Å²) in [6.07, 6.45) is 0.908. The number of β-amino-alcohol motifs (C(OH)–C–C–N with tert-alkyl or cyclic N) is 1. The molecule has 252 valence electrons. The van der Waals surface area contributed by atoms with Crippen molar-refractivity contribution in [1.82, 2.24) is 25.1 Å². The van der Waals surface area contributed by atoms with Gasteiger partial charge in [-0.3, -0.25) is 14.2 Å². The molecule has 2 fully saturated rings. The molecule has 2 aromatic rings. The first-order chi connectivity index (χ1) is 22.2. The smallest absolute Gasteiger partial charge is 0.409 e. The van der Waals surface area contributed by atoms with Crippen LogP contribution in [0.4, 0.5) is 10.6 Å². The molecule has 0 radical (unpaired) electrons. The summed E-state index contributed by atoms with van der Waals surface area (Å²) in [5.74, 6) is -0.373. The lowest BCUT2D eigenvalue weighted by Gasteiger charge is -2.36. The van der Waals surface area contributed by atoms with Gasteiger partial charge < -0.3 is 38.9 Å². The number of nitrogens with zero attached hydrogens (tertiary/aromatic N) is 5. The van der Waals surface area contributed by atoms with E-state index >= 15 is 0 Å². The molecule has 4 rings (SSSR count). The van der Waals surface area contributed by atoms with Gasteiger partial charge in [-0.1, -0.05) is 43.7 Å². The highest BCUT2D eigenvalue weighted by atomic mass is 31.2. The van der Waals surface area contributed by atoms with Crippen molar-refractivity contribution in [2.75, 3.05) is 70.2 Å². The van der Waals surface area contributed by atoms with E-state index in [0.29, 0.717) is 43.3 Å². The number of carbonyl (C=O) groups excluding carboxylic acids is 3. The van der Waals surface area contributed by atoms with E-state index in [9.17, 15) is 24.1 Å². The van der Waals surface area contributed by atoms with Crippen LogP contribution in [0, 0.1) is 0 Å². The quantitative estimate of drug-likeness (QED) is 0.226. The van der Waals surface area contributed by atoms with Crippen LogP contribution in [-0.2, 0) is 23.1 Å². The number of hydrogen-bond acceptors (Lipinski definition) is 11. The van der Waals surface area contributed by atoms with Gasteiger partial charge in [0.25, 0.3) is 5.91 Å². The maximum Gasteiger partial charge on any atom is 0.409 e. The number of amides is 3. The normalized spacial score (nSPS) is 17.6. The molecular weight excluding hydrogens is 615 g/mol. The fourth-order valence-corrected chi connectivity index (χ4v) is 7.05. The maximum atomic E-state index is 13.9. The third-order valence-corrected chi connectivity index (χ3v) is 9.81. The zero-order valence-electron chi connectivity index (χ0n) is 26.8. The third kappa shape index (κ3) is 9.47. The van der Waals surface area contributed by atoms with Gasteiger partial charge in [0.1, 0.15) is 17.6 Å². The average Bonchev–Trinajstić information content (AvgIpc) is 3.50. The Kier molecular flexibility index (Phi) is 12.9. The Morgan fingerprint density at radius 3 is 2.28 bits per heavy atom. The van der Waals surface area contributed by atoms with Crippen molar-refractivity contribution in [1.29, 1.82) is 0 Å². The molecule has 0 aliphatic carbocycles. The first kappa shape index (κ1) is 35.3. The van der Waals surface area contributed by atoms with Crippen molar-refractivity contribution < 1.29 is 37.8 Å². The van der Waals surface area contributed by atoms with Gasteiger partial charge in [-0.25, -0.2) is 14.8 Å². The summed E-state index contributed by atoms with van der Waals surface area (Å²) in [7, 11) is -3.78. The van der Waals surface area contributed by atoms with Crippen molar-refractivity contribution >= 4 is 31.3 Å². The zero-order valence-corrected chi connectivity index (χ0v) is 27.7. The Balaban J connectivity index is 1.58. The zero-order chi connectivity index (χ0) is 33.1. The lowest BCUT2D eigenvalue weighted by Crippen LogP contribution is -2.57. The number of rotatable bonds is 14. The van der Waals surface area contributed by atoms with E-state index in [1.807, 2.05) is 42.2 Å². The second-order valence-electron chi connectivity index (χ2n) is 11.1. The van der Waals surface area contributed by atoms with Crippen LogP contribution in [0.15, 0.2) is 36.4 Å². The number of anilines is 1. The van der Waals surface area contributed by atoms with Crippen molar-refractivity contribution in [3.05, 3.63) is 42.1 Å². The van der Waals surface area contributed by atoms with Crippen LogP contribution in [-0.4, -0.2) is 120 Å².